The van der Waals surface area contributed by atoms with Gasteiger partial charge in [-0.1, -0.05) is 70.2 Å². The molecule has 22 rings (SSSR count). The van der Waals surface area contributed by atoms with Crippen LogP contribution < -0.4 is 38.8 Å². The Labute approximate surface area is 860 Å². The first kappa shape index (κ1) is 100. The van der Waals surface area contributed by atoms with Crippen LogP contribution in [-0.2, 0) is 39.0 Å². The third-order valence-corrected chi connectivity index (χ3v) is 27.3. The van der Waals surface area contributed by atoms with E-state index < -0.39 is 40.5 Å². The number of carbonyl (C=O) groups excluding carboxylic acids is 5. The number of halogens is 1. The second-order valence-corrected chi connectivity index (χ2v) is 38.3. The van der Waals surface area contributed by atoms with Crippen molar-refractivity contribution in [2.75, 3.05) is 58.9 Å². The Kier molecular flexibility index (Phi) is 29.3. The summed E-state index contributed by atoms with van der Waals surface area (Å²) in [7, 11) is 0. The molecule has 17 aromatic rings. The van der Waals surface area contributed by atoms with Crippen LogP contribution in [0.3, 0.4) is 0 Å². The number of aromatic amines is 2. The van der Waals surface area contributed by atoms with E-state index in [0.29, 0.717) is 118 Å². The first-order chi connectivity index (χ1) is 72.0. The lowest BCUT2D eigenvalue weighted by atomic mass is 9.92. The number of urea groups is 1. The van der Waals surface area contributed by atoms with Crippen LogP contribution in [0.1, 0.15) is 158 Å². The van der Waals surface area contributed by atoms with E-state index in [-0.39, 0.29) is 40.7 Å². The monoisotopic (exact) mass is 2020 g/mol. The molecule has 10 aromatic heterocycles. The van der Waals surface area contributed by atoms with Crippen molar-refractivity contribution in [1.29, 1.82) is 0 Å². The van der Waals surface area contributed by atoms with Gasteiger partial charge in [-0.25, -0.2) is 33.7 Å². The number of nitrogens with two attached hydrogens (primary N) is 2. The highest BCUT2D eigenvalue weighted by Crippen LogP contribution is 2.45. The highest BCUT2D eigenvalue weighted by atomic mass is 35.5. The third-order valence-electron chi connectivity index (χ3n) is 27.2. The summed E-state index contributed by atoms with van der Waals surface area (Å²) in [6, 6.07) is 59.8. The van der Waals surface area contributed by atoms with Gasteiger partial charge in [0.1, 0.15) is 34.4 Å². The first-order valence-electron chi connectivity index (χ1n) is 49.5. The molecule has 756 valence electrons. The average molecular weight is 2020 g/mol. The number of benzene rings is 7. The highest BCUT2D eigenvalue weighted by molar-refractivity contribution is 6.64. The number of aromatic hydroxyl groups is 4. The van der Waals surface area contributed by atoms with E-state index in [1.807, 2.05) is 187 Å². The molecule has 5 aliphatic heterocycles. The maximum atomic E-state index is 13.6. The molecular weight excluding hydrogens is 1910 g/mol. The van der Waals surface area contributed by atoms with E-state index >= 15 is 0 Å². The van der Waals surface area contributed by atoms with E-state index in [4.69, 9.17) is 48.2 Å². The minimum absolute atomic E-state index is 0.0206. The number of piperazine rings is 2. The van der Waals surface area contributed by atoms with Gasteiger partial charge >= 0.3 is 22.8 Å². The van der Waals surface area contributed by atoms with Gasteiger partial charge in [-0.15, -0.1) is 0 Å². The number of nitrogens with one attached hydrogen (secondary N) is 5. The minimum Gasteiger partial charge on any atom is -0.508 e. The number of aromatic nitrogens is 16. The van der Waals surface area contributed by atoms with Gasteiger partial charge in [0.05, 0.1) is 61.8 Å². The van der Waals surface area contributed by atoms with Crippen LogP contribution in [0.4, 0.5) is 9.59 Å². The Morgan fingerprint density at radius 2 is 0.919 bits per heavy atom. The van der Waals surface area contributed by atoms with Crippen LogP contribution in [0.2, 0.25) is 0 Å². The van der Waals surface area contributed by atoms with Crippen molar-refractivity contribution in [3.63, 3.8) is 0 Å². The number of hydrogen-bond acceptors (Lipinski definition) is 26. The van der Waals surface area contributed by atoms with Crippen LogP contribution in [0.5, 0.6) is 23.0 Å². The zero-order valence-electron chi connectivity index (χ0n) is 83.1. The van der Waals surface area contributed by atoms with E-state index in [2.05, 4.69) is 70.8 Å². The topological polar surface area (TPSA) is 491 Å². The number of fused-ring (bicyclic) bond motifs is 5. The fourth-order valence-corrected chi connectivity index (χ4v) is 19.9. The molecule has 15 heterocycles. The summed E-state index contributed by atoms with van der Waals surface area (Å²) in [5, 5.41) is 74.1. The fraction of sp³-hybridized carbons (Fsp3) is 0.250. The molecule has 0 bridgehead atoms. The Morgan fingerprint density at radius 3 is 1.39 bits per heavy atom. The number of imide groups is 2. The number of rotatable bonds is 20. The summed E-state index contributed by atoms with van der Waals surface area (Å²) >= 11 is 5.32. The first-order valence-corrected chi connectivity index (χ1v) is 49.8. The number of H-pyrrole nitrogens is 2. The Morgan fingerprint density at radius 1 is 0.463 bits per heavy atom. The number of hydrogen-bond donors (Lipinski definition) is 11. The minimum atomic E-state index is -0.918. The van der Waals surface area contributed by atoms with Crippen molar-refractivity contribution in [3.05, 3.63) is 318 Å². The third kappa shape index (κ3) is 21.6. The normalized spacial score (nSPS) is 14.2. The molecule has 6 amide bonds. The predicted octanol–water partition coefficient (Wildman–Crippen LogP) is 15.9. The highest BCUT2D eigenvalue weighted by Gasteiger charge is 2.33. The molecule has 2 saturated heterocycles. The molecular formula is C112H110ClN25O11. The molecule has 0 unspecified atom stereocenters. The Balaban J connectivity index is 0.000000133. The number of aliphatic imine (C=N–C) groups is 1. The van der Waals surface area contributed by atoms with E-state index in [1.54, 1.807) is 78.1 Å². The second kappa shape index (κ2) is 43.5. The van der Waals surface area contributed by atoms with Gasteiger partial charge in [0.15, 0.2) is 11.6 Å². The van der Waals surface area contributed by atoms with Crippen molar-refractivity contribution < 1.29 is 44.4 Å². The smallest absolute Gasteiger partial charge is 0.348 e. The second-order valence-electron chi connectivity index (χ2n) is 38.0. The van der Waals surface area contributed by atoms with Crippen LogP contribution >= 0.6 is 11.6 Å². The molecule has 2 fully saturated rings. The number of phenolic OH excluding ortho intramolecular Hbond substituents is 4. The molecule has 0 saturated carbocycles. The molecule has 0 radical (unpaired) electrons. The summed E-state index contributed by atoms with van der Waals surface area (Å²) in [6.45, 7) is 23.6. The van der Waals surface area contributed by atoms with Gasteiger partial charge in [0.2, 0.25) is 5.91 Å². The van der Waals surface area contributed by atoms with Gasteiger partial charge in [0, 0.05) is 200 Å². The number of carbonyl (C=O) groups is 5. The number of pyridine rings is 6. The Bertz CT molecular complexity index is 8270. The molecule has 36 nitrogen and oxygen atoms in total. The lowest BCUT2D eigenvalue weighted by Crippen LogP contribution is -2.52. The van der Waals surface area contributed by atoms with Crippen LogP contribution in [0.25, 0.3) is 123 Å². The molecule has 0 atom stereocenters. The quantitative estimate of drug-likeness (QED) is 0.0249. The lowest BCUT2D eigenvalue weighted by molar-refractivity contribution is 0.0929. The van der Waals surface area contributed by atoms with Gasteiger partial charge < -0.3 is 42.1 Å². The standard InChI is InChI=1S/C45H46N10O5.C23H18ClN5O2.C22H27N5O3.C22H19N5O/c1-26(2)32-23-34(39(57)24-38(32)56)42-51-52-45(60)55(42)30-12-9-28(10-13-30)25-53-18-20-54(21-19-53)44(59)50-43(58)29-11-14-35-33(22-29)31(15-17-48-35)40(36-8-5-16-47-36)41(46)37-7-4-6-27(3)49-37;1-13-4-2-5-18(26-13)21-20(19-6-3-11-29(19)28-21)15-9-10-25-17-8-7-14(12-16(15)17)22(30)27-23(24)31;1-14(2)17-11-18(20(29)12-19(17)28)21-24-25-22(30)27(21)16-5-3-15(4-6-16)13-26-9-7-23-8-10-26;1-13-4-2-5-18(25-13)21-20(19-6-3-11-27(19)26-21)15-9-10-24-17-8-7-14(22(23)28)12-16(15)17/h4,6-7,9-15,17,22-24,26,56-57H,5,8,16,18-21,25,46H2,1-3H3,(H,52,60)(H,50,58,59);2,4-5,7-10,12H,3,6,11H2,1H3,(H,27,30,31);3-6,11-12,14,23,28-29H,7-10,13H2,1-2H3,(H,25,30);2,4-5,7-10,12H,3,6,11H2,1H3,(H2,23,28). The van der Waals surface area contributed by atoms with E-state index in [1.165, 1.54) is 32.5 Å². The van der Waals surface area contributed by atoms with E-state index in [0.717, 1.165) is 196 Å². The van der Waals surface area contributed by atoms with E-state index in [9.17, 15) is 54.0 Å². The summed E-state index contributed by atoms with van der Waals surface area (Å²) in [5.74, 6) is -1.30. The SMILES string of the molecule is CC(C)c1cc(-c2n[nH]c(=O)n2-c2ccc(CN3CCNCC3)cc2)c(O)cc1O.Cc1cccc(-c2nn3c(c2-c2ccnc4ccc(C(=O)NC(=O)Cl)cc24)CCC3)n1.Cc1cccc(-c2nn3c(c2-c2ccnc4ccc(C(N)=O)cc24)CCC3)n1.Cc1cccc(C(N)=C(C2=NCCC2)c2ccnc3ccc(C(=O)NC(=O)N4CCN(Cc5ccc(-n6c(-c7cc(C(C)C)c(O)cc7O)n[nH]c6=O)cc5)CC4)cc23)n1. The zero-order chi connectivity index (χ0) is 104. The average Bonchev–Trinajstić information content (AvgIpc) is 1.60. The van der Waals surface area contributed by atoms with Crippen molar-refractivity contribution in [2.45, 2.75) is 125 Å². The van der Waals surface area contributed by atoms with Crippen LogP contribution in [0, 0.1) is 20.8 Å². The number of aryl methyl sites for hydroxylation is 5. The summed E-state index contributed by atoms with van der Waals surface area (Å²) in [5.41, 5.74) is 36.3. The van der Waals surface area contributed by atoms with Gasteiger partial charge in [-0.05, 0) is 267 Å². The predicted molar refractivity (Wildman–Crippen MR) is 571 cm³/mol. The van der Waals surface area contributed by atoms with Gasteiger partial charge in [0.25, 0.3) is 11.8 Å². The number of allylic oxidation sites excluding steroid dienone is 1. The maximum Gasteiger partial charge on any atom is 0.348 e. The molecule has 7 aromatic carbocycles. The van der Waals surface area contributed by atoms with Crippen molar-refractivity contribution in [2.24, 2.45) is 16.5 Å². The van der Waals surface area contributed by atoms with Crippen molar-refractivity contribution in [3.8, 4) is 102 Å². The molecule has 149 heavy (non-hydrogen) atoms. The molecule has 13 N–H and O–H groups in total. The van der Waals surface area contributed by atoms with Crippen LogP contribution in [0.15, 0.2) is 233 Å². The van der Waals surface area contributed by atoms with Crippen molar-refractivity contribution in [1.82, 2.24) is 110 Å². The van der Waals surface area contributed by atoms with Gasteiger partial charge in [-0.2, -0.15) is 20.4 Å². The van der Waals surface area contributed by atoms with Crippen molar-refractivity contribution >= 4 is 90.4 Å². The van der Waals surface area contributed by atoms with Crippen LogP contribution in [-0.4, -0.2) is 208 Å². The number of nitrogens with zero attached hydrogens (tertiary/aromatic N) is 18. The fourth-order valence-electron chi connectivity index (χ4n) is 19.8. The largest absolute Gasteiger partial charge is 0.508 e. The molecule has 37 heteroatoms. The molecule has 0 spiro atoms. The number of amides is 6. The molecule has 0 aliphatic carbocycles. The summed E-state index contributed by atoms with van der Waals surface area (Å²) in [4.78, 5) is 126. The lowest BCUT2D eigenvalue weighted by Gasteiger charge is -2.34. The summed E-state index contributed by atoms with van der Waals surface area (Å²) < 4.78 is 6.94. The Hall–Kier alpha value is -17.4. The summed E-state index contributed by atoms with van der Waals surface area (Å²) in [6.07, 6.45) is 11.0. The number of primary amides is 1. The zero-order valence-corrected chi connectivity index (χ0v) is 83.9. The number of phenols is 4. The molecule has 5 aliphatic rings. The maximum absolute atomic E-state index is 13.6. The van der Waals surface area contributed by atoms with Gasteiger partial charge in [-0.3, -0.25) is 83.9 Å².